The Morgan fingerprint density at radius 2 is 1.96 bits per heavy atom. The third-order valence-corrected chi connectivity index (χ3v) is 4.58. The summed E-state index contributed by atoms with van der Waals surface area (Å²) in [5.41, 5.74) is 3.89. The molecule has 0 fully saturated rings. The van der Waals surface area contributed by atoms with Crippen molar-refractivity contribution in [3.8, 4) is 0 Å². The molecule has 0 aliphatic carbocycles. The van der Waals surface area contributed by atoms with Crippen LogP contribution in [0.1, 0.15) is 36.1 Å². The fourth-order valence-corrected chi connectivity index (χ4v) is 3.08. The number of benzene rings is 2. The molecule has 2 aromatic carbocycles. The Kier molecular flexibility index (Phi) is 5.29. The molecule has 3 aromatic rings. The lowest BCUT2D eigenvalue weighted by atomic mass is 9.96. The van der Waals surface area contributed by atoms with Gasteiger partial charge in [-0.2, -0.15) is 0 Å². The third-order valence-electron chi connectivity index (χ3n) is 4.08. The topological polar surface area (TPSA) is 50.2 Å². The molecule has 3 nitrogen and oxygen atoms in total. The quantitative estimate of drug-likeness (QED) is 0.598. The molecule has 0 spiro atoms. The van der Waals surface area contributed by atoms with Crippen LogP contribution < -0.4 is 0 Å². The zero-order valence-electron chi connectivity index (χ0n) is 13.8. The number of hydrogen-bond donors (Lipinski definition) is 1. The van der Waals surface area contributed by atoms with Crippen molar-refractivity contribution in [3.63, 3.8) is 0 Å². The van der Waals surface area contributed by atoms with Gasteiger partial charge in [-0.05, 0) is 41.3 Å². The Morgan fingerprint density at radius 3 is 2.76 bits per heavy atom. The molecule has 4 heteroatoms. The van der Waals surface area contributed by atoms with Crippen LogP contribution in [0.5, 0.6) is 0 Å². The Bertz CT molecular complexity index is 950. The maximum absolute atomic E-state index is 10.9. The van der Waals surface area contributed by atoms with E-state index in [1.54, 1.807) is 0 Å². The molecule has 0 bridgehead atoms. The summed E-state index contributed by atoms with van der Waals surface area (Å²) in [5.74, 6) is -0.790. The SMILES string of the molecule is CC(CC(=O)O)c1cccc(C=Cc2ccc3ccc(Br)cc3n2)c1. The van der Waals surface area contributed by atoms with Gasteiger partial charge in [-0.25, -0.2) is 4.98 Å². The fraction of sp³-hybridized carbons (Fsp3) is 0.143. The van der Waals surface area contributed by atoms with E-state index in [2.05, 4.69) is 27.0 Å². The number of nitrogens with zero attached hydrogens (tertiary/aromatic N) is 1. The Hall–Kier alpha value is -2.46. The second kappa shape index (κ2) is 7.62. The predicted octanol–water partition coefficient (Wildman–Crippen LogP) is 5.75. The Balaban J connectivity index is 1.83. The molecule has 3 rings (SSSR count). The fourth-order valence-electron chi connectivity index (χ4n) is 2.73. The first-order valence-corrected chi connectivity index (χ1v) is 8.87. The molecule has 126 valence electrons. The van der Waals surface area contributed by atoms with Crippen molar-refractivity contribution in [3.05, 3.63) is 75.9 Å². The summed E-state index contributed by atoms with van der Waals surface area (Å²) in [7, 11) is 0. The Morgan fingerprint density at radius 1 is 1.16 bits per heavy atom. The second-order valence-electron chi connectivity index (χ2n) is 6.08. The predicted molar refractivity (Wildman–Crippen MR) is 105 cm³/mol. The summed E-state index contributed by atoms with van der Waals surface area (Å²) < 4.78 is 1.01. The molecule has 0 amide bonds. The number of carbonyl (C=O) groups is 1. The van der Waals surface area contributed by atoms with Gasteiger partial charge in [0, 0.05) is 9.86 Å². The first-order chi connectivity index (χ1) is 12.0. The van der Waals surface area contributed by atoms with Crippen molar-refractivity contribution in [1.82, 2.24) is 4.98 Å². The van der Waals surface area contributed by atoms with Gasteiger partial charge in [0.1, 0.15) is 0 Å². The van der Waals surface area contributed by atoms with E-state index in [0.717, 1.165) is 32.2 Å². The molecular weight excluding hydrogens is 378 g/mol. The summed E-state index contributed by atoms with van der Waals surface area (Å²) in [6.45, 7) is 1.93. The molecule has 0 saturated carbocycles. The minimum atomic E-state index is -0.778. The van der Waals surface area contributed by atoms with E-state index in [1.165, 1.54) is 0 Å². The lowest BCUT2D eigenvalue weighted by molar-refractivity contribution is -0.137. The van der Waals surface area contributed by atoms with E-state index < -0.39 is 5.97 Å². The molecule has 0 aliphatic heterocycles. The molecule has 1 unspecified atom stereocenters. The molecule has 0 saturated heterocycles. The van der Waals surface area contributed by atoms with Crippen LogP contribution in [-0.4, -0.2) is 16.1 Å². The van der Waals surface area contributed by atoms with Gasteiger partial charge in [0.15, 0.2) is 0 Å². The summed E-state index contributed by atoms with van der Waals surface area (Å²) >= 11 is 3.47. The minimum Gasteiger partial charge on any atom is -0.481 e. The maximum Gasteiger partial charge on any atom is 0.303 e. The molecule has 1 N–H and O–H groups in total. The summed E-state index contributed by atoms with van der Waals surface area (Å²) in [6, 6.07) is 18.0. The summed E-state index contributed by atoms with van der Waals surface area (Å²) in [4.78, 5) is 15.5. The monoisotopic (exact) mass is 395 g/mol. The molecule has 1 heterocycles. The van der Waals surface area contributed by atoms with Crippen LogP contribution in [-0.2, 0) is 4.79 Å². The minimum absolute atomic E-state index is 0.0120. The molecule has 1 aromatic heterocycles. The number of carboxylic acid groups (broad SMARTS) is 1. The van der Waals surface area contributed by atoms with E-state index in [4.69, 9.17) is 5.11 Å². The smallest absolute Gasteiger partial charge is 0.303 e. The van der Waals surface area contributed by atoms with Crippen molar-refractivity contribution < 1.29 is 9.90 Å². The summed E-state index contributed by atoms with van der Waals surface area (Å²) in [5, 5.41) is 10.0. The number of pyridine rings is 1. The first-order valence-electron chi connectivity index (χ1n) is 8.07. The zero-order chi connectivity index (χ0) is 17.8. The van der Waals surface area contributed by atoms with E-state index in [0.29, 0.717) is 0 Å². The van der Waals surface area contributed by atoms with Crippen LogP contribution in [0.4, 0.5) is 0 Å². The molecule has 1 atom stereocenters. The molecule has 0 aliphatic rings. The lowest BCUT2D eigenvalue weighted by Gasteiger charge is -2.09. The van der Waals surface area contributed by atoms with E-state index in [-0.39, 0.29) is 12.3 Å². The first kappa shape index (κ1) is 17.4. The van der Waals surface area contributed by atoms with Crippen molar-refractivity contribution in [1.29, 1.82) is 0 Å². The van der Waals surface area contributed by atoms with Gasteiger partial charge in [0.25, 0.3) is 0 Å². The van der Waals surface area contributed by atoms with Crippen LogP contribution in [0.3, 0.4) is 0 Å². The number of halogens is 1. The van der Waals surface area contributed by atoms with Crippen LogP contribution in [0.2, 0.25) is 0 Å². The van der Waals surface area contributed by atoms with Crippen LogP contribution in [0.15, 0.2) is 59.1 Å². The van der Waals surface area contributed by atoms with Gasteiger partial charge in [0.05, 0.1) is 17.6 Å². The Labute approximate surface area is 155 Å². The van der Waals surface area contributed by atoms with Crippen molar-refractivity contribution in [2.45, 2.75) is 19.3 Å². The van der Waals surface area contributed by atoms with Gasteiger partial charge in [-0.3, -0.25) is 4.79 Å². The third kappa shape index (κ3) is 4.54. The standard InChI is InChI=1S/C21H18BrNO2/c1-14(11-21(24)25)17-4-2-3-15(12-17)5-9-19-10-7-16-6-8-18(22)13-20(16)23-19/h2-10,12-14H,11H2,1H3,(H,24,25). The van der Waals surface area contributed by atoms with Crippen molar-refractivity contribution in [2.75, 3.05) is 0 Å². The van der Waals surface area contributed by atoms with E-state index >= 15 is 0 Å². The highest BCUT2D eigenvalue weighted by molar-refractivity contribution is 9.10. The van der Waals surface area contributed by atoms with E-state index in [1.807, 2.05) is 67.6 Å². The maximum atomic E-state index is 10.9. The van der Waals surface area contributed by atoms with Gasteiger partial charge >= 0.3 is 5.97 Å². The number of aromatic nitrogens is 1. The van der Waals surface area contributed by atoms with Gasteiger partial charge in [0.2, 0.25) is 0 Å². The lowest BCUT2D eigenvalue weighted by Crippen LogP contribution is -2.02. The average Bonchev–Trinajstić information content (AvgIpc) is 2.59. The van der Waals surface area contributed by atoms with Gasteiger partial charge in [-0.1, -0.05) is 65.3 Å². The number of carboxylic acids is 1. The zero-order valence-corrected chi connectivity index (χ0v) is 15.4. The highest BCUT2D eigenvalue weighted by Gasteiger charge is 2.09. The van der Waals surface area contributed by atoms with Gasteiger partial charge < -0.3 is 5.11 Å². The van der Waals surface area contributed by atoms with Gasteiger partial charge in [-0.15, -0.1) is 0 Å². The largest absolute Gasteiger partial charge is 0.481 e. The average molecular weight is 396 g/mol. The number of fused-ring (bicyclic) bond motifs is 1. The van der Waals surface area contributed by atoms with Crippen LogP contribution >= 0.6 is 15.9 Å². The summed E-state index contributed by atoms with van der Waals surface area (Å²) in [6.07, 6.45) is 4.11. The van der Waals surface area contributed by atoms with E-state index in [9.17, 15) is 4.79 Å². The van der Waals surface area contributed by atoms with Crippen LogP contribution in [0.25, 0.3) is 23.1 Å². The highest BCUT2D eigenvalue weighted by atomic mass is 79.9. The normalized spacial score (nSPS) is 12.6. The van der Waals surface area contributed by atoms with Crippen molar-refractivity contribution in [2.24, 2.45) is 0 Å². The second-order valence-corrected chi connectivity index (χ2v) is 6.99. The highest BCUT2D eigenvalue weighted by Crippen LogP contribution is 2.22. The molecule has 0 radical (unpaired) electrons. The molecule has 25 heavy (non-hydrogen) atoms. The number of hydrogen-bond acceptors (Lipinski definition) is 2. The van der Waals surface area contributed by atoms with Crippen LogP contribution in [0, 0.1) is 0 Å². The number of rotatable bonds is 5. The molecular formula is C21H18BrNO2. The van der Waals surface area contributed by atoms with Crippen molar-refractivity contribution >= 4 is 45.0 Å². The number of aliphatic carboxylic acids is 1.